The Kier molecular flexibility index (Phi) is 3.94. The van der Waals surface area contributed by atoms with Gasteiger partial charge in [0.1, 0.15) is 5.60 Å². The minimum atomic E-state index is -0.486. The molecule has 23 heavy (non-hydrogen) atoms. The van der Waals surface area contributed by atoms with Gasteiger partial charge in [0, 0.05) is 19.2 Å². The number of amides is 1. The van der Waals surface area contributed by atoms with Crippen LogP contribution in [0.5, 0.6) is 0 Å². The summed E-state index contributed by atoms with van der Waals surface area (Å²) in [5.41, 5.74) is 3.57. The molecular weight excluding hydrogens is 290 g/mol. The molecule has 2 heterocycles. The number of aromatic nitrogens is 2. The van der Waals surface area contributed by atoms with Crippen LogP contribution >= 0.6 is 0 Å². The fourth-order valence-electron chi connectivity index (χ4n) is 2.57. The first kappa shape index (κ1) is 15.3. The average Bonchev–Trinajstić information content (AvgIpc) is 2.95. The Morgan fingerprint density at radius 1 is 1.17 bits per heavy atom. The molecule has 0 unspecified atom stereocenters. The van der Waals surface area contributed by atoms with Crippen molar-refractivity contribution in [2.45, 2.75) is 32.8 Å². The number of ether oxygens (including phenoxy) is 1. The van der Waals surface area contributed by atoms with Crippen LogP contribution in [0.15, 0.2) is 42.6 Å². The van der Waals surface area contributed by atoms with E-state index in [2.05, 4.69) is 15.8 Å². The van der Waals surface area contributed by atoms with Crippen LogP contribution in [0.2, 0.25) is 0 Å². The summed E-state index contributed by atoms with van der Waals surface area (Å²) in [6.07, 6.45) is 2.28. The maximum atomic E-state index is 11.7. The van der Waals surface area contributed by atoms with Gasteiger partial charge >= 0.3 is 6.09 Å². The summed E-state index contributed by atoms with van der Waals surface area (Å²) >= 11 is 0. The Bertz CT molecular complexity index is 846. The van der Waals surface area contributed by atoms with E-state index in [0.717, 1.165) is 22.2 Å². The summed E-state index contributed by atoms with van der Waals surface area (Å²) < 4.78 is 7.37. The number of nitrogens with one attached hydrogen (secondary N) is 1. The Balaban J connectivity index is 1.77. The van der Waals surface area contributed by atoms with E-state index < -0.39 is 11.7 Å². The maximum absolute atomic E-state index is 11.7. The lowest BCUT2D eigenvalue weighted by Gasteiger charge is -2.19. The molecule has 3 rings (SSSR count). The molecule has 0 aliphatic heterocycles. The number of fused-ring (bicyclic) bond motifs is 3. The molecule has 1 aromatic carbocycles. The number of benzene rings is 1. The van der Waals surface area contributed by atoms with Crippen molar-refractivity contribution in [3.8, 4) is 0 Å². The van der Waals surface area contributed by atoms with Crippen LogP contribution in [0.4, 0.5) is 4.79 Å². The van der Waals surface area contributed by atoms with Crippen molar-refractivity contribution in [3.63, 3.8) is 0 Å². The van der Waals surface area contributed by atoms with Crippen LogP contribution in [-0.2, 0) is 11.2 Å². The third-order valence-corrected chi connectivity index (χ3v) is 3.47. The third-order valence-electron chi connectivity index (χ3n) is 3.47. The largest absolute Gasteiger partial charge is 0.444 e. The predicted molar refractivity (Wildman–Crippen MR) is 90.6 cm³/mol. The van der Waals surface area contributed by atoms with Crippen molar-refractivity contribution in [3.05, 3.63) is 48.3 Å². The molecule has 5 heteroatoms. The molecule has 0 spiro atoms. The van der Waals surface area contributed by atoms with Crippen LogP contribution in [-0.4, -0.2) is 27.6 Å². The molecule has 0 aliphatic rings. The molecule has 1 N–H and O–H groups in total. The number of hydrogen-bond donors (Lipinski definition) is 1. The zero-order chi connectivity index (χ0) is 16.4. The first-order chi connectivity index (χ1) is 10.9. The molecule has 0 saturated heterocycles. The minimum absolute atomic E-state index is 0.398. The van der Waals surface area contributed by atoms with Gasteiger partial charge in [0.25, 0.3) is 0 Å². The fraction of sp³-hybridized carbons (Fsp3) is 0.333. The fourth-order valence-corrected chi connectivity index (χ4v) is 2.57. The van der Waals surface area contributed by atoms with Gasteiger partial charge in [-0.2, -0.15) is 0 Å². The Morgan fingerprint density at radius 2 is 1.91 bits per heavy atom. The summed E-state index contributed by atoms with van der Waals surface area (Å²) in [7, 11) is 0. The Morgan fingerprint density at radius 3 is 2.70 bits per heavy atom. The number of carbonyl (C=O) groups is 1. The van der Waals surface area contributed by atoms with Gasteiger partial charge in [0.2, 0.25) is 0 Å². The lowest BCUT2D eigenvalue weighted by Crippen LogP contribution is -2.33. The number of para-hydroxylation sites is 2. The maximum Gasteiger partial charge on any atom is 0.407 e. The molecule has 1 amide bonds. The SMILES string of the molecule is CC(C)(C)OC(=O)NCCc1nc2ccccc2n2cccc12. The average molecular weight is 311 g/mol. The second-order valence-electron chi connectivity index (χ2n) is 6.49. The van der Waals surface area contributed by atoms with E-state index in [-0.39, 0.29) is 0 Å². The molecule has 0 fully saturated rings. The van der Waals surface area contributed by atoms with Gasteiger partial charge in [-0.3, -0.25) is 0 Å². The van der Waals surface area contributed by atoms with Crippen molar-refractivity contribution in [1.29, 1.82) is 0 Å². The standard InChI is InChI=1S/C18H21N3O2/c1-18(2,3)23-17(22)19-11-10-14-16-9-6-12-21(16)15-8-5-4-7-13(15)20-14/h4-9,12H,10-11H2,1-3H3,(H,19,22). The Hall–Kier alpha value is -2.56. The van der Waals surface area contributed by atoms with E-state index in [0.29, 0.717) is 13.0 Å². The van der Waals surface area contributed by atoms with Gasteiger partial charge in [0.15, 0.2) is 0 Å². The number of carbonyl (C=O) groups excluding carboxylic acids is 1. The Labute approximate surface area is 135 Å². The summed E-state index contributed by atoms with van der Waals surface area (Å²) in [5.74, 6) is 0. The van der Waals surface area contributed by atoms with Gasteiger partial charge in [-0.25, -0.2) is 9.78 Å². The van der Waals surface area contributed by atoms with Gasteiger partial charge in [-0.05, 0) is 45.0 Å². The highest BCUT2D eigenvalue weighted by atomic mass is 16.6. The minimum Gasteiger partial charge on any atom is -0.444 e. The van der Waals surface area contributed by atoms with Crippen LogP contribution in [0.3, 0.4) is 0 Å². The van der Waals surface area contributed by atoms with Gasteiger partial charge in [-0.15, -0.1) is 0 Å². The summed E-state index contributed by atoms with van der Waals surface area (Å²) in [6.45, 7) is 6.03. The van der Waals surface area contributed by atoms with Crippen molar-refractivity contribution in [2.24, 2.45) is 0 Å². The van der Waals surface area contributed by atoms with Gasteiger partial charge in [-0.1, -0.05) is 12.1 Å². The van der Waals surface area contributed by atoms with E-state index in [9.17, 15) is 4.79 Å². The topological polar surface area (TPSA) is 55.6 Å². The second-order valence-corrected chi connectivity index (χ2v) is 6.49. The number of rotatable bonds is 3. The monoisotopic (exact) mass is 311 g/mol. The number of hydrogen-bond acceptors (Lipinski definition) is 3. The molecule has 0 aliphatic carbocycles. The molecule has 2 aromatic heterocycles. The highest BCUT2D eigenvalue weighted by Gasteiger charge is 2.16. The van der Waals surface area contributed by atoms with E-state index in [4.69, 9.17) is 9.72 Å². The molecule has 0 saturated carbocycles. The normalized spacial score (nSPS) is 11.8. The van der Waals surface area contributed by atoms with E-state index in [1.807, 2.05) is 57.3 Å². The third kappa shape index (κ3) is 3.44. The highest BCUT2D eigenvalue weighted by Crippen LogP contribution is 2.19. The van der Waals surface area contributed by atoms with Crippen molar-refractivity contribution >= 4 is 22.6 Å². The van der Waals surface area contributed by atoms with Crippen LogP contribution < -0.4 is 5.32 Å². The first-order valence-corrected chi connectivity index (χ1v) is 7.75. The van der Waals surface area contributed by atoms with Crippen LogP contribution in [0.25, 0.3) is 16.6 Å². The van der Waals surface area contributed by atoms with Crippen LogP contribution in [0, 0.1) is 0 Å². The quantitative estimate of drug-likeness (QED) is 0.804. The summed E-state index contributed by atoms with van der Waals surface area (Å²) in [4.78, 5) is 16.4. The molecular formula is C18H21N3O2. The zero-order valence-electron chi connectivity index (χ0n) is 13.7. The molecule has 0 bridgehead atoms. The molecule has 120 valence electrons. The van der Waals surface area contributed by atoms with Gasteiger partial charge < -0.3 is 14.5 Å². The van der Waals surface area contributed by atoms with E-state index >= 15 is 0 Å². The summed E-state index contributed by atoms with van der Waals surface area (Å²) in [6, 6.07) is 12.1. The number of nitrogens with zero attached hydrogens (tertiary/aromatic N) is 2. The molecule has 5 nitrogen and oxygen atoms in total. The second kappa shape index (κ2) is 5.91. The summed E-state index contributed by atoms with van der Waals surface area (Å²) in [5, 5.41) is 2.78. The van der Waals surface area contributed by atoms with Gasteiger partial charge in [0.05, 0.1) is 22.2 Å². The van der Waals surface area contributed by atoms with Crippen molar-refractivity contribution < 1.29 is 9.53 Å². The molecule has 0 radical (unpaired) electrons. The lowest BCUT2D eigenvalue weighted by atomic mass is 10.2. The van der Waals surface area contributed by atoms with Crippen molar-refractivity contribution in [1.82, 2.24) is 14.7 Å². The van der Waals surface area contributed by atoms with Crippen molar-refractivity contribution in [2.75, 3.05) is 6.54 Å². The first-order valence-electron chi connectivity index (χ1n) is 7.75. The highest BCUT2D eigenvalue weighted by molar-refractivity contribution is 5.79. The lowest BCUT2D eigenvalue weighted by molar-refractivity contribution is 0.0528. The zero-order valence-corrected chi connectivity index (χ0v) is 13.7. The van der Waals surface area contributed by atoms with Crippen LogP contribution in [0.1, 0.15) is 26.5 Å². The number of alkyl carbamates (subject to hydrolysis) is 1. The van der Waals surface area contributed by atoms with E-state index in [1.54, 1.807) is 0 Å². The van der Waals surface area contributed by atoms with E-state index in [1.165, 1.54) is 0 Å². The predicted octanol–water partition coefficient (Wildman–Crippen LogP) is 3.55. The smallest absolute Gasteiger partial charge is 0.407 e. The molecule has 0 atom stereocenters. The molecule has 3 aromatic rings.